The topological polar surface area (TPSA) is 84.2 Å². The predicted octanol–water partition coefficient (Wildman–Crippen LogP) is 0.742. The summed E-state index contributed by atoms with van der Waals surface area (Å²) >= 11 is 0. The molecule has 1 aromatic heterocycles. The summed E-state index contributed by atoms with van der Waals surface area (Å²) < 4.78 is 1.31. The van der Waals surface area contributed by atoms with Crippen LogP contribution in [0.1, 0.15) is 31.3 Å². The minimum Gasteiger partial charge on any atom is -0.476 e. The Morgan fingerprint density at radius 3 is 2.59 bits per heavy atom. The zero-order valence-electron chi connectivity index (χ0n) is 10.2. The number of carbonyl (C=O) groups is 2. The molecule has 0 fully saturated rings. The van der Waals surface area contributed by atoms with Gasteiger partial charge in [-0.1, -0.05) is 13.8 Å². The Kier molecular flexibility index (Phi) is 4.25. The summed E-state index contributed by atoms with van der Waals surface area (Å²) in [6.07, 6.45) is 1.48. The van der Waals surface area contributed by atoms with Gasteiger partial charge >= 0.3 is 5.97 Å². The van der Waals surface area contributed by atoms with E-state index < -0.39 is 5.97 Å². The van der Waals surface area contributed by atoms with Crippen molar-refractivity contribution in [2.75, 3.05) is 0 Å². The number of carboxylic acid groups (broad SMARTS) is 1. The minimum absolute atomic E-state index is 0.0321. The lowest BCUT2D eigenvalue weighted by molar-refractivity contribution is -0.122. The number of nitrogens with zero attached hydrogens (tertiary/aromatic N) is 2. The summed E-state index contributed by atoms with van der Waals surface area (Å²) in [5, 5.41) is 15.3. The van der Waals surface area contributed by atoms with E-state index in [0.29, 0.717) is 5.92 Å². The van der Waals surface area contributed by atoms with E-state index in [1.54, 1.807) is 0 Å². The highest BCUT2D eigenvalue weighted by molar-refractivity contribution is 5.85. The normalized spacial score (nSPS) is 12.5. The van der Waals surface area contributed by atoms with Gasteiger partial charge in [0.25, 0.3) is 0 Å². The van der Waals surface area contributed by atoms with E-state index in [4.69, 9.17) is 5.11 Å². The molecule has 6 heteroatoms. The number of hydrogen-bond donors (Lipinski definition) is 2. The summed E-state index contributed by atoms with van der Waals surface area (Å²) in [4.78, 5) is 22.2. The van der Waals surface area contributed by atoms with Crippen molar-refractivity contribution >= 4 is 11.9 Å². The number of carboxylic acids is 1. The highest BCUT2D eigenvalue weighted by Gasteiger charge is 2.12. The summed E-state index contributed by atoms with van der Waals surface area (Å²) in [7, 11) is 0. The largest absolute Gasteiger partial charge is 0.476 e. The molecule has 0 saturated carbocycles. The van der Waals surface area contributed by atoms with E-state index in [1.165, 1.54) is 16.9 Å². The highest BCUT2D eigenvalue weighted by atomic mass is 16.4. The molecule has 0 spiro atoms. The number of amides is 1. The van der Waals surface area contributed by atoms with Gasteiger partial charge in [-0.15, -0.1) is 0 Å². The van der Waals surface area contributed by atoms with Crippen LogP contribution in [-0.4, -0.2) is 32.8 Å². The molecule has 1 amide bonds. The number of nitrogens with one attached hydrogen (secondary N) is 1. The van der Waals surface area contributed by atoms with Crippen molar-refractivity contribution in [1.82, 2.24) is 15.1 Å². The summed E-state index contributed by atoms with van der Waals surface area (Å²) in [6, 6.07) is 1.44. The van der Waals surface area contributed by atoms with Crippen molar-refractivity contribution in [1.29, 1.82) is 0 Å². The average molecular weight is 239 g/mol. The van der Waals surface area contributed by atoms with E-state index in [1.807, 2.05) is 20.8 Å². The third kappa shape index (κ3) is 3.90. The van der Waals surface area contributed by atoms with Gasteiger partial charge in [-0.05, 0) is 18.9 Å². The smallest absolute Gasteiger partial charge is 0.356 e. The molecule has 0 radical (unpaired) electrons. The molecule has 0 saturated heterocycles. The fourth-order valence-electron chi connectivity index (χ4n) is 1.18. The first-order chi connectivity index (χ1) is 7.90. The molecule has 6 nitrogen and oxygen atoms in total. The molecule has 17 heavy (non-hydrogen) atoms. The van der Waals surface area contributed by atoms with Crippen LogP contribution in [0.4, 0.5) is 0 Å². The number of hydrogen-bond acceptors (Lipinski definition) is 3. The fourth-order valence-corrected chi connectivity index (χ4v) is 1.18. The molecular weight excluding hydrogens is 222 g/mol. The molecule has 2 N–H and O–H groups in total. The first kappa shape index (κ1) is 13.2. The van der Waals surface area contributed by atoms with Crippen LogP contribution in [0.3, 0.4) is 0 Å². The number of carbonyl (C=O) groups excluding carboxylic acids is 1. The maximum absolute atomic E-state index is 11.6. The Balaban J connectivity index is 2.53. The molecule has 1 rings (SSSR count). The Labute approximate surface area is 99.6 Å². The maximum Gasteiger partial charge on any atom is 0.356 e. The first-order valence-corrected chi connectivity index (χ1v) is 5.46. The summed E-state index contributed by atoms with van der Waals surface area (Å²) in [6.45, 7) is 5.99. The maximum atomic E-state index is 11.6. The second-order valence-electron chi connectivity index (χ2n) is 4.30. The van der Waals surface area contributed by atoms with Crippen molar-refractivity contribution in [3.05, 3.63) is 18.0 Å². The molecule has 1 heterocycles. The zero-order chi connectivity index (χ0) is 13.0. The second-order valence-corrected chi connectivity index (χ2v) is 4.30. The molecule has 94 valence electrons. The van der Waals surface area contributed by atoms with Gasteiger partial charge in [-0.3, -0.25) is 9.48 Å². The SMILES string of the molecule is CC(C)C(C)NC(=O)Cn1ccc(C(=O)O)n1. The minimum atomic E-state index is -1.10. The summed E-state index contributed by atoms with van der Waals surface area (Å²) in [5.41, 5.74) is -0.0605. The molecule has 0 aliphatic heterocycles. The Bertz CT molecular complexity index is 412. The Morgan fingerprint density at radius 1 is 1.47 bits per heavy atom. The lowest BCUT2D eigenvalue weighted by atomic mass is 10.1. The highest BCUT2D eigenvalue weighted by Crippen LogP contribution is 2.00. The standard InChI is InChI=1S/C11H17N3O3/c1-7(2)8(3)12-10(15)6-14-5-4-9(13-14)11(16)17/h4-5,7-8H,6H2,1-3H3,(H,12,15)(H,16,17). The van der Waals surface area contributed by atoms with Gasteiger partial charge in [0.1, 0.15) is 6.54 Å². The summed E-state index contributed by atoms with van der Waals surface area (Å²) in [5.74, 6) is -0.919. The van der Waals surface area contributed by atoms with Crippen LogP contribution in [0.5, 0.6) is 0 Å². The van der Waals surface area contributed by atoms with Crippen molar-refractivity contribution < 1.29 is 14.7 Å². The van der Waals surface area contributed by atoms with Gasteiger partial charge < -0.3 is 10.4 Å². The number of rotatable bonds is 5. The zero-order valence-corrected chi connectivity index (χ0v) is 10.2. The third-order valence-corrected chi connectivity index (χ3v) is 2.55. The Morgan fingerprint density at radius 2 is 2.12 bits per heavy atom. The van der Waals surface area contributed by atoms with E-state index in [2.05, 4.69) is 10.4 Å². The van der Waals surface area contributed by atoms with E-state index in [0.717, 1.165) is 0 Å². The molecular formula is C11H17N3O3. The molecule has 1 atom stereocenters. The number of aromatic carboxylic acids is 1. The van der Waals surface area contributed by atoms with Gasteiger partial charge in [0.2, 0.25) is 5.91 Å². The van der Waals surface area contributed by atoms with E-state index in [-0.39, 0.29) is 24.2 Å². The monoisotopic (exact) mass is 239 g/mol. The van der Waals surface area contributed by atoms with Gasteiger partial charge in [0.15, 0.2) is 5.69 Å². The van der Waals surface area contributed by atoms with Crippen molar-refractivity contribution in [3.63, 3.8) is 0 Å². The second kappa shape index (κ2) is 5.47. The van der Waals surface area contributed by atoms with Gasteiger partial charge in [0, 0.05) is 12.2 Å². The van der Waals surface area contributed by atoms with Crippen LogP contribution in [-0.2, 0) is 11.3 Å². The molecule has 0 aliphatic carbocycles. The molecule has 0 aromatic carbocycles. The average Bonchev–Trinajstić information content (AvgIpc) is 2.65. The van der Waals surface area contributed by atoms with Crippen molar-refractivity contribution in [2.24, 2.45) is 5.92 Å². The third-order valence-electron chi connectivity index (χ3n) is 2.55. The van der Waals surface area contributed by atoms with Crippen LogP contribution in [0.2, 0.25) is 0 Å². The van der Waals surface area contributed by atoms with E-state index >= 15 is 0 Å². The van der Waals surface area contributed by atoms with Gasteiger partial charge in [-0.2, -0.15) is 5.10 Å². The quantitative estimate of drug-likeness (QED) is 0.793. The van der Waals surface area contributed by atoms with Crippen LogP contribution >= 0.6 is 0 Å². The first-order valence-electron chi connectivity index (χ1n) is 5.46. The molecule has 1 aromatic rings. The van der Waals surface area contributed by atoms with Crippen LogP contribution in [0.25, 0.3) is 0 Å². The molecule has 0 bridgehead atoms. The van der Waals surface area contributed by atoms with Crippen molar-refractivity contribution in [2.45, 2.75) is 33.4 Å². The lowest BCUT2D eigenvalue weighted by Crippen LogP contribution is -2.38. The lowest BCUT2D eigenvalue weighted by Gasteiger charge is -2.17. The van der Waals surface area contributed by atoms with Gasteiger partial charge in [0.05, 0.1) is 0 Å². The van der Waals surface area contributed by atoms with Crippen LogP contribution in [0, 0.1) is 5.92 Å². The Hall–Kier alpha value is -1.85. The van der Waals surface area contributed by atoms with Crippen LogP contribution < -0.4 is 5.32 Å². The molecule has 1 unspecified atom stereocenters. The fraction of sp³-hybridized carbons (Fsp3) is 0.545. The van der Waals surface area contributed by atoms with Gasteiger partial charge in [-0.25, -0.2) is 4.79 Å². The number of aromatic nitrogens is 2. The predicted molar refractivity (Wildman–Crippen MR) is 61.6 cm³/mol. The molecule has 0 aliphatic rings. The van der Waals surface area contributed by atoms with E-state index in [9.17, 15) is 9.59 Å². The van der Waals surface area contributed by atoms with Crippen LogP contribution in [0.15, 0.2) is 12.3 Å². The van der Waals surface area contributed by atoms with Crippen molar-refractivity contribution in [3.8, 4) is 0 Å².